The highest BCUT2D eigenvalue weighted by molar-refractivity contribution is 5.98. The van der Waals surface area contributed by atoms with Gasteiger partial charge in [-0.15, -0.1) is 0 Å². The van der Waals surface area contributed by atoms with E-state index in [1.165, 1.54) is 5.56 Å². The van der Waals surface area contributed by atoms with E-state index in [0.717, 1.165) is 17.7 Å². The van der Waals surface area contributed by atoms with Crippen LogP contribution in [0.15, 0.2) is 48.5 Å². The molecule has 0 atom stereocenters. The molecule has 1 aliphatic heterocycles. The molecule has 3 rings (SSSR count). The van der Waals surface area contributed by atoms with E-state index in [4.69, 9.17) is 0 Å². The molecule has 1 N–H and O–H groups in total. The number of rotatable bonds is 6. The molecule has 28 heavy (non-hydrogen) atoms. The van der Waals surface area contributed by atoms with Gasteiger partial charge in [-0.2, -0.15) is 0 Å². The summed E-state index contributed by atoms with van der Waals surface area (Å²) in [6.45, 7) is 3.16. The van der Waals surface area contributed by atoms with Crippen molar-refractivity contribution in [2.75, 3.05) is 25.0 Å². The number of hydrogen-bond donors (Lipinski definition) is 1. The summed E-state index contributed by atoms with van der Waals surface area (Å²) in [5, 5.41) is 2.66. The third kappa shape index (κ3) is 4.76. The maximum absolute atomic E-state index is 12.3. The Morgan fingerprint density at radius 1 is 1.07 bits per heavy atom. The SMILES string of the molecule is Cc1ccc(CN(C)C(=O)CNC(=O)c2ccc(N3CCCC3=O)cc2)cc1. The Labute approximate surface area is 165 Å². The van der Waals surface area contributed by atoms with E-state index in [9.17, 15) is 14.4 Å². The van der Waals surface area contributed by atoms with Gasteiger partial charge in [0.25, 0.3) is 5.91 Å². The number of anilines is 1. The van der Waals surface area contributed by atoms with Crippen LogP contribution < -0.4 is 10.2 Å². The molecule has 6 nitrogen and oxygen atoms in total. The van der Waals surface area contributed by atoms with Crippen LogP contribution in [0.3, 0.4) is 0 Å². The van der Waals surface area contributed by atoms with Gasteiger partial charge in [0.1, 0.15) is 0 Å². The number of carbonyl (C=O) groups excluding carboxylic acids is 3. The van der Waals surface area contributed by atoms with Crippen LogP contribution in [0.4, 0.5) is 5.69 Å². The molecule has 1 fully saturated rings. The van der Waals surface area contributed by atoms with Gasteiger partial charge >= 0.3 is 0 Å². The number of carbonyl (C=O) groups is 3. The Bertz CT molecular complexity index is 860. The van der Waals surface area contributed by atoms with Crippen LogP contribution in [0.2, 0.25) is 0 Å². The predicted molar refractivity (Wildman–Crippen MR) is 108 cm³/mol. The van der Waals surface area contributed by atoms with Crippen LogP contribution in [0, 0.1) is 6.92 Å². The van der Waals surface area contributed by atoms with Crippen molar-refractivity contribution in [3.8, 4) is 0 Å². The smallest absolute Gasteiger partial charge is 0.251 e. The second kappa shape index (κ2) is 8.69. The van der Waals surface area contributed by atoms with Gasteiger partial charge in [0, 0.05) is 37.8 Å². The molecule has 0 bridgehead atoms. The number of nitrogens with zero attached hydrogens (tertiary/aromatic N) is 2. The molecule has 2 aromatic carbocycles. The standard InChI is InChI=1S/C22H25N3O3/c1-16-5-7-17(8-6-16)15-24(2)21(27)14-23-22(28)18-9-11-19(12-10-18)25-13-3-4-20(25)26/h5-12H,3-4,13-15H2,1-2H3,(H,23,28). The zero-order chi connectivity index (χ0) is 20.1. The third-order valence-electron chi connectivity index (χ3n) is 4.88. The molecule has 0 aromatic heterocycles. The molecule has 0 unspecified atom stereocenters. The Morgan fingerprint density at radius 3 is 2.36 bits per heavy atom. The third-order valence-corrected chi connectivity index (χ3v) is 4.88. The average Bonchev–Trinajstić information content (AvgIpc) is 3.13. The topological polar surface area (TPSA) is 69.7 Å². The largest absolute Gasteiger partial charge is 0.343 e. The van der Waals surface area contributed by atoms with Crippen molar-refractivity contribution in [1.29, 1.82) is 0 Å². The summed E-state index contributed by atoms with van der Waals surface area (Å²) in [7, 11) is 1.72. The summed E-state index contributed by atoms with van der Waals surface area (Å²) in [4.78, 5) is 39.7. The number of aryl methyl sites for hydroxylation is 1. The Hall–Kier alpha value is -3.15. The quantitative estimate of drug-likeness (QED) is 0.838. The molecule has 0 saturated carbocycles. The zero-order valence-corrected chi connectivity index (χ0v) is 16.3. The van der Waals surface area contributed by atoms with E-state index in [1.54, 1.807) is 41.1 Å². The van der Waals surface area contributed by atoms with Crippen molar-refractivity contribution in [1.82, 2.24) is 10.2 Å². The van der Waals surface area contributed by atoms with Gasteiger partial charge in [0.05, 0.1) is 6.54 Å². The van der Waals surface area contributed by atoms with E-state index < -0.39 is 0 Å². The number of nitrogens with one attached hydrogen (secondary N) is 1. The lowest BCUT2D eigenvalue weighted by Gasteiger charge is -2.18. The maximum atomic E-state index is 12.3. The number of likely N-dealkylation sites (N-methyl/N-ethyl adjacent to an activating group) is 1. The maximum Gasteiger partial charge on any atom is 0.251 e. The summed E-state index contributed by atoms with van der Waals surface area (Å²) in [5.41, 5.74) is 3.47. The van der Waals surface area contributed by atoms with Crippen LogP contribution in [0.1, 0.15) is 34.3 Å². The highest BCUT2D eigenvalue weighted by Gasteiger charge is 2.21. The molecule has 1 heterocycles. The molecule has 0 aliphatic carbocycles. The van der Waals surface area contributed by atoms with Gasteiger partial charge in [-0.3, -0.25) is 14.4 Å². The highest BCUT2D eigenvalue weighted by Crippen LogP contribution is 2.21. The van der Waals surface area contributed by atoms with Gasteiger partial charge < -0.3 is 15.1 Å². The van der Waals surface area contributed by atoms with Crippen molar-refractivity contribution >= 4 is 23.4 Å². The number of amides is 3. The summed E-state index contributed by atoms with van der Waals surface area (Å²) >= 11 is 0. The summed E-state index contributed by atoms with van der Waals surface area (Å²) in [6, 6.07) is 14.9. The molecule has 1 aliphatic rings. The van der Waals surface area contributed by atoms with Gasteiger partial charge in [-0.25, -0.2) is 0 Å². The molecule has 1 saturated heterocycles. The molecule has 0 radical (unpaired) electrons. The molecular weight excluding hydrogens is 354 g/mol. The van der Waals surface area contributed by atoms with E-state index in [0.29, 0.717) is 25.1 Å². The van der Waals surface area contributed by atoms with E-state index in [1.807, 2.05) is 31.2 Å². The lowest BCUT2D eigenvalue weighted by Crippen LogP contribution is -2.37. The van der Waals surface area contributed by atoms with E-state index >= 15 is 0 Å². The minimum Gasteiger partial charge on any atom is -0.343 e. The monoisotopic (exact) mass is 379 g/mol. The molecule has 3 amide bonds. The second-order valence-corrected chi connectivity index (χ2v) is 7.11. The van der Waals surface area contributed by atoms with Crippen LogP contribution >= 0.6 is 0 Å². The van der Waals surface area contributed by atoms with Crippen molar-refractivity contribution < 1.29 is 14.4 Å². The van der Waals surface area contributed by atoms with Crippen molar-refractivity contribution in [3.63, 3.8) is 0 Å². The van der Waals surface area contributed by atoms with Gasteiger partial charge in [0.15, 0.2) is 0 Å². The first-order valence-electron chi connectivity index (χ1n) is 9.42. The van der Waals surface area contributed by atoms with E-state index in [2.05, 4.69) is 5.32 Å². The zero-order valence-electron chi connectivity index (χ0n) is 16.3. The van der Waals surface area contributed by atoms with Crippen LogP contribution in [-0.4, -0.2) is 42.8 Å². The lowest BCUT2D eigenvalue weighted by molar-refractivity contribution is -0.129. The minimum atomic E-state index is -0.309. The Kier molecular flexibility index (Phi) is 6.09. The molecule has 146 valence electrons. The number of hydrogen-bond acceptors (Lipinski definition) is 3. The first-order chi connectivity index (χ1) is 13.4. The second-order valence-electron chi connectivity index (χ2n) is 7.11. The van der Waals surface area contributed by atoms with Gasteiger partial charge in [-0.05, 0) is 43.2 Å². The van der Waals surface area contributed by atoms with Gasteiger partial charge in [-0.1, -0.05) is 29.8 Å². The summed E-state index contributed by atoms with van der Waals surface area (Å²) in [5.74, 6) is -0.357. The fourth-order valence-corrected chi connectivity index (χ4v) is 3.16. The van der Waals surface area contributed by atoms with Crippen molar-refractivity contribution in [2.45, 2.75) is 26.3 Å². The Balaban J connectivity index is 1.50. The predicted octanol–water partition coefficient (Wildman–Crippen LogP) is 2.51. The first kappa shape index (κ1) is 19.6. The highest BCUT2D eigenvalue weighted by atomic mass is 16.2. The normalized spacial score (nSPS) is 13.5. The molecule has 0 spiro atoms. The average molecular weight is 379 g/mol. The van der Waals surface area contributed by atoms with Crippen LogP contribution in [0.25, 0.3) is 0 Å². The first-order valence-corrected chi connectivity index (χ1v) is 9.42. The number of benzene rings is 2. The molecule has 6 heteroatoms. The minimum absolute atomic E-state index is 0.0619. The van der Waals surface area contributed by atoms with Crippen LogP contribution in [0.5, 0.6) is 0 Å². The van der Waals surface area contributed by atoms with Crippen molar-refractivity contribution in [2.24, 2.45) is 0 Å². The summed E-state index contributed by atoms with van der Waals surface area (Å²) in [6.07, 6.45) is 1.43. The summed E-state index contributed by atoms with van der Waals surface area (Å²) < 4.78 is 0. The lowest BCUT2D eigenvalue weighted by atomic mass is 10.1. The molecule has 2 aromatic rings. The van der Waals surface area contributed by atoms with Gasteiger partial charge in [0.2, 0.25) is 11.8 Å². The molecular formula is C22H25N3O3. The van der Waals surface area contributed by atoms with Crippen LogP contribution in [-0.2, 0) is 16.1 Å². The van der Waals surface area contributed by atoms with E-state index in [-0.39, 0.29) is 24.3 Å². The fraction of sp³-hybridized carbons (Fsp3) is 0.318. The fourth-order valence-electron chi connectivity index (χ4n) is 3.16. The Morgan fingerprint density at radius 2 is 1.75 bits per heavy atom. The van der Waals surface area contributed by atoms with Crippen molar-refractivity contribution in [3.05, 3.63) is 65.2 Å².